The van der Waals surface area contributed by atoms with Gasteiger partial charge in [-0.3, -0.25) is 4.79 Å². The number of ether oxygens (including phenoxy) is 3. The normalized spacial score (nSPS) is 15.1. The summed E-state index contributed by atoms with van der Waals surface area (Å²) in [5, 5.41) is 0. The first-order chi connectivity index (χ1) is 11.6. The number of methoxy groups -OCH3 is 3. The average Bonchev–Trinajstić information content (AvgIpc) is 2.63. The van der Waals surface area contributed by atoms with Gasteiger partial charge in [0.15, 0.2) is 5.78 Å². The molecule has 1 aliphatic rings. The smallest absolute Gasteiger partial charge is 0.189 e. The Morgan fingerprint density at radius 2 is 1.50 bits per heavy atom. The third kappa shape index (κ3) is 3.13. The van der Waals surface area contributed by atoms with Gasteiger partial charge < -0.3 is 14.2 Å². The molecule has 4 heteroatoms. The highest BCUT2D eigenvalue weighted by Gasteiger charge is 2.22. The Morgan fingerprint density at radius 1 is 0.833 bits per heavy atom. The maximum Gasteiger partial charge on any atom is 0.189 e. The fraction of sp³-hybridized carbons (Fsp3) is 0.250. The number of benzene rings is 2. The number of Topliss-reactive ketones (excluding diaryl/α,β-unsaturated/α-hetero) is 1. The molecule has 0 radical (unpaired) electrons. The minimum Gasteiger partial charge on any atom is -0.497 e. The van der Waals surface area contributed by atoms with Crippen molar-refractivity contribution in [1.82, 2.24) is 0 Å². The van der Waals surface area contributed by atoms with Crippen molar-refractivity contribution in [2.24, 2.45) is 0 Å². The number of allylic oxidation sites excluding steroid dienone is 1. The van der Waals surface area contributed by atoms with E-state index in [4.69, 9.17) is 14.2 Å². The lowest BCUT2D eigenvalue weighted by Gasteiger charge is -2.18. The second kappa shape index (κ2) is 6.79. The van der Waals surface area contributed by atoms with Crippen LogP contribution in [-0.2, 0) is 6.42 Å². The van der Waals surface area contributed by atoms with Crippen LogP contribution in [0, 0.1) is 0 Å². The van der Waals surface area contributed by atoms with Crippen LogP contribution in [0.3, 0.4) is 0 Å². The molecular formula is C20H20O4. The molecule has 0 saturated carbocycles. The van der Waals surface area contributed by atoms with E-state index < -0.39 is 0 Å². The molecule has 3 rings (SSSR count). The van der Waals surface area contributed by atoms with E-state index in [1.165, 1.54) is 0 Å². The molecule has 24 heavy (non-hydrogen) atoms. The minimum atomic E-state index is 0.0701. The Hall–Kier alpha value is -2.75. The molecule has 1 aliphatic carbocycles. The maximum atomic E-state index is 12.8. The zero-order valence-electron chi connectivity index (χ0n) is 14.1. The summed E-state index contributed by atoms with van der Waals surface area (Å²) in [6.45, 7) is 0. The molecule has 0 bridgehead atoms. The SMILES string of the molecule is COc1cc(C=C2CCc3cc(OC)ccc3C2=O)cc(OC)c1. The van der Waals surface area contributed by atoms with Gasteiger partial charge in [-0.25, -0.2) is 0 Å². The van der Waals surface area contributed by atoms with Crippen molar-refractivity contribution in [2.45, 2.75) is 12.8 Å². The summed E-state index contributed by atoms with van der Waals surface area (Å²) >= 11 is 0. The number of hydrogen-bond donors (Lipinski definition) is 0. The largest absolute Gasteiger partial charge is 0.497 e. The molecule has 124 valence electrons. The summed E-state index contributed by atoms with van der Waals surface area (Å²) in [5.74, 6) is 2.26. The Kier molecular flexibility index (Phi) is 4.56. The van der Waals surface area contributed by atoms with E-state index in [9.17, 15) is 4.79 Å². The monoisotopic (exact) mass is 324 g/mol. The predicted molar refractivity (Wildman–Crippen MR) is 93.2 cm³/mol. The minimum absolute atomic E-state index is 0.0701. The molecule has 0 amide bonds. The zero-order chi connectivity index (χ0) is 17.1. The van der Waals surface area contributed by atoms with Gasteiger partial charge in [0.2, 0.25) is 0 Å². The fourth-order valence-electron chi connectivity index (χ4n) is 2.93. The van der Waals surface area contributed by atoms with E-state index >= 15 is 0 Å². The molecule has 0 unspecified atom stereocenters. The van der Waals surface area contributed by atoms with Gasteiger partial charge in [0.25, 0.3) is 0 Å². The zero-order valence-corrected chi connectivity index (χ0v) is 14.1. The van der Waals surface area contributed by atoms with Crippen molar-refractivity contribution in [2.75, 3.05) is 21.3 Å². The summed E-state index contributed by atoms with van der Waals surface area (Å²) in [5.41, 5.74) is 3.48. The first kappa shape index (κ1) is 16.1. The highest BCUT2D eigenvalue weighted by Crippen LogP contribution is 2.31. The Labute approximate surface area is 141 Å². The number of carbonyl (C=O) groups excluding carboxylic acids is 1. The van der Waals surface area contributed by atoms with Crippen LogP contribution < -0.4 is 14.2 Å². The van der Waals surface area contributed by atoms with E-state index in [-0.39, 0.29) is 5.78 Å². The molecule has 4 nitrogen and oxygen atoms in total. The second-order valence-corrected chi connectivity index (χ2v) is 5.67. The quantitative estimate of drug-likeness (QED) is 0.800. The fourth-order valence-corrected chi connectivity index (χ4v) is 2.93. The van der Waals surface area contributed by atoms with Gasteiger partial charge in [-0.1, -0.05) is 0 Å². The standard InChI is InChI=1S/C20H20O4/c1-22-16-6-7-19-14(11-16)4-5-15(20(19)21)8-13-9-17(23-2)12-18(10-13)24-3/h6-12H,4-5H2,1-3H3. The van der Waals surface area contributed by atoms with Gasteiger partial charge in [-0.05, 0) is 60.4 Å². The van der Waals surface area contributed by atoms with E-state index in [0.717, 1.165) is 34.4 Å². The van der Waals surface area contributed by atoms with Crippen LogP contribution in [-0.4, -0.2) is 27.1 Å². The van der Waals surface area contributed by atoms with Gasteiger partial charge in [0.1, 0.15) is 17.2 Å². The van der Waals surface area contributed by atoms with Crippen LogP contribution in [0.25, 0.3) is 6.08 Å². The van der Waals surface area contributed by atoms with Crippen molar-refractivity contribution in [3.8, 4) is 17.2 Å². The molecule has 0 aliphatic heterocycles. The average molecular weight is 324 g/mol. The third-order valence-corrected chi connectivity index (χ3v) is 4.23. The number of fused-ring (bicyclic) bond motifs is 1. The first-order valence-corrected chi connectivity index (χ1v) is 7.80. The lowest BCUT2D eigenvalue weighted by Crippen LogP contribution is -2.14. The van der Waals surface area contributed by atoms with Gasteiger partial charge in [-0.2, -0.15) is 0 Å². The van der Waals surface area contributed by atoms with Gasteiger partial charge in [0.05, 0.1) is 21.3 Å². The van der Waals surface area contributed by atoms with Gasteiger partial charge >= 0.3 is 0 Å². The molecule has 0 heterocycles. The van der Waals surface area contributed by atoms with E-state index in [1.807, 2.05) is 42.5 Å². The summed E-state index contributed by atoms with van der Waals surface area (Å²) in [4.78, 5) is 12.8. The van der Waals surface area contributed by atoms with Crippen LogP contribution in [0.2, 0.25) is 0 Å². The summed E-state index contributed by atoms with van der Waals surface area (Å²) < 4.78 is 15.8. The van der Waals surface area contributed by atoms with E-state index in [1.54, 1.807) is 21.3 Å². The lowest BCUT2D eigenvalue weighted by molar-refractivity contribution is 0.102. The Bertz CT molecular complexity index is 783. The highest BCUT2D eigenvalue weighted by molar-refractivity contribution is 6.13. The molecule has 0 atom stereocenters. The predicted octanol–water partition coefficient (Wildman–Crippen LogP) is 3.92. The van der Waals surface area contributed by atoms with Crippen molar-refractivity contribution in [3.63, 3.8) is 0 Å². The number of ketones is 1. The van der Waals surface area contributed by atoms with Gasteiger partial charge in [0, 0.05) is 17.2 Å². The van der Waals surface area contributed by atoms with Crippen LogP contribution in [0.5, 0.6) is 17.2 Å². The molecular weight excluding hydrogens is 304 g/mol. The van der Waals surface area contributed by atoms with Crippen molar-refractivity contribution >= 4 is 11.9 Å². The van der Waals surface area contributed by atoms with E-state index in [0.29, 0.717) is 17.9 Å². The molecule has 2 aromatic carbocycles. The van der Waals surface area contributed by atoms with Crippen molar-refractivity contribution < 1.29 is 19.0 Å². The molecule has 0 spiro atoms. The lowest BCUT2D eigenvalue weighted by atomic mass is 9.86. The summed E-state index contributed by atoms with van der Waals surface area (Å²) in [6, 6.07) is 11.2. The Balaban J connectivity index is 1.96. The van der Waals surface area contributed by atoms with Crippen molar-refractivity contribution in [3.05, 3.63) is 58.7 Å². The summed E-state index contributed by atoms with van der Waals surface area (Å²) in [7, 11) is 4.86. The molecule has 0 aromatic heterocycles. The maximum absolute atomic E-state index is 12.8. The topological polar surface area (TPSA) is 44.8 Å². The molecule has 0 fully saturated rings. The van der Waals surface area contributed by atoms with Crippen LogP contribution in [0.1, 0.15) is 27.9 Å². The number of hydrogen-bond acceptors (Lipinski definition) is 4. The molecule has 0 N–H and O–H groups in total. The first-order valence-electron chi connectivity index (χ1n) is 7.80. The Morgan fingerprint density at radius 3 is 2.12 bits per heavy atom. The van der Waals surface area contributed by atoms with Crippen LogP contribution in [0.4, 0.5) is 0 Å². The summed E-state index contributed by atoms with van der Waals surface area (Å²) in [6.07, 6.45) is 3.45. The number of carbonyl (C=O) groups is 1. The highest BCUT2D eigenvalue weighted by atomic mass is 16.5. The van der Waals surface area contributed by atoms with Gasteiger partial charge in [-0.15, -0.1) is 0 Å². The molecule has 2 aromatic rings. The third-order valence-electron chi connectivity index (χ3n) is 4.23. The van der Waals surface area contributed by atoms with Crippen LogP contribution in [0.15, 0.2) is 42.0 Å². The molecule has 0 saturated heterocycles. The van der Waals surface area contributed by atoms with Crippen molar-refractivity contribution in [1.29, 1.82) is 0 Å². The number of rotatable bonds is 4. The van der Waals surface area contributed by atoms with Crippen LogP contribution >= 0.6 is 0 Å². The second-order valence-electron chi connectivity index (χ2n) is 5.67. The number of aryl methyl sites for hydroxylation is 1. The van der Waals surface area contributed by atoms with E-state index in [2.05, 4.69) is 0 Å².